The second-order valence-corrected chi connectivity index (χ2v) is 3.69. The largest absolute Gasteiger partial charge is 0.497 e. The summed E-state index contributed by atoms with van der Waals surface area (Å²) in [6.45, 7) is 0.421. The van der Waals surface area contributed by atoms with Crippen LogP contribution in [-0.4, -0.2) is 22.6 Å². The molecule has 0 aliphatic rings. The highest BCUT2D eigenvalue weighted by molar-refractivity contribution is 5.80. The number of benzene rings is 1. The molecule has 0 atom stereocenters. The van der Waals surface area contributed by atoms with Gasteiger partial charge in [-0.2, -0.15) is 0 Å². The maximum absolute atomic E-state index is 10.8. The molecule has 1 amide bonds. The van der Waals surface area contributed by atoms with Gasteiger partial charge in [-0.05, 0) is 12.1 Å². The van der Waals surface area contributed by atoms with Gasteiger partial charge in [0.15, 0.2) is 0 Å². The Bertz CT molecular complexity index is 562. The number of nitrogens with zero attached hydrogens (tertiary/aromatic N) is 2. The van der Waals surface area contributed by atoms with Crippen LogP contribution >= 0.6 is 0 Å². The van der Waals surface area contributed by atoms with Crippen LogP contribution in [0.25, 0.3) is 11.0 Å². The summed E-state index contributed by atoms with van der Waals surface area (Å²) in [5.74, 6) is 0.723. The third kappa shape index (κ3) is 2.15. The summed E-state index contributed by atoms with van der Waals surface area (Å²) in [6.07, 6.45) is 0.229. The first-order valence-corrected chi connectivity index (χ1v) is 5.20. The lowest BCUT2D eigenvalue weighted by Crippen LogP contribution is -2.14. The van der Waals surface area contributed by atoms with E-state index in [1.165, 1.54) is 0 Å². The van der Waals surface area contributed by atoms with Crippen LogP contribution in [0.5, 0.6) is 5.75 Å². The van der Waals surface area contributed by atoms with Crippen LogP contribution in [-0.2, 0) is 11.3 Å². The van der Waals surface area contributed by atoms with Crippen molar-refractivity contribution in [3.8, 4) is 5.75 Å². The molecule has 6 nitrogen and oxygen atoms in total. The van der Waals surface area contributed by atoms with E-state index < -0.39 is 0 Å². The Labute approximate surface area is 98.2 Å². The number of nitrogens with two attached hydrogens (primary N) is 2. The highest BCUT2D eigenvalue weighted by Gasteiger charge is 2.09. The lowest BCUT2D eigenvalue weighted by Gasteiger charge is -2.05. The molecule has 1 aromatic carbocycles. The van der Waals surface area contributed by atoms with Gasteiger partial charge in [-0.1, -0.05) is 0 Å². The van der Waals surface area contributed by atoms with Gasteiger partial charge in [0.25, 0.3) is 0 Å². The van der Waals surface area contributed by atoms with Crippen LogP contribution in [0.2, 0.25) is 0 Å². The van der Waals surface area contributed by atoms with E-state index in [0.717, 1.165) is 16.8 Å². The number of anilines is 1. The molecule has 0 saturated carbocycles. The molecule has 0 unspecified atom stereocenters. The Morgan fingerprint density at radius 1 is 1.53 bits per heavy atom. The Balaban J connectivity index is 2.44. The predicted molar refractivity (Wildman–Crippen MR) is 64.5 cm³/mol. The van der Waals surface area contributed by atoms with Crippen LogP contribution in [0.3, 0.4) is 0 Å². The van der Waals surface area contributed by atoms with Gasteiger partial charge in [0.05, 0.1) is 18.1 Å². The van der Waals surface area contributed by atoms with Gasteiger partial charge in [0, 0.05) is 19.0 Å². The van der Waals surface area contributed by atoms with Crippen molar-refractivity contribution in [2.24, 2.45) is 5.73 Å². The van der Waals surface area contributed by atoms with Crippen LogP contribution in [0, 0.1) is 0 Å². The summed E-state index contributed by atoms with van der Waals surface area (Å²) < 4.78 is 6.89. The van der Waals surface area contributed by atoms with Gasteiger partial charge in [-0.25, -0.2) is 4.98 Å². The van der Waals surface area contributed by atoms with Crippen LogP contribution < -0.4 is 16.2 Å². The average Bonchev–Trinajstić information content (AvgIpc) is 2.61. The van der Waals surface area contributed by atoms with Crippen molar-refractivity contribution in [3.05, 3.63) is 18.2 Å². The fourth-order valence-electron chi connectivity index (χ4n) is 1.71. The van der Waals surface area contributed by atoms with Crippen molar-refractivity contribution in [1.82, 2.24) is 9.55 Å². The van der Waals surface area contributed by atoms with Crippen LogP contribution in [0.15, 0.2) is 18.2 Å². The number of hydrogen-bond donors (Lipinski definition) is 2. The number of carbonyl (C=O) groups is 1. The van der Waals surface area contributed by atoms with Crippen LogP contribution in [0.4, 0.5) is 5.95 Å². The van der Waals surface area contributed by atoms with Gasteiger partial charge >= 0.3 is 0 Å². The lowest BCUT2D eigenvalue weighted by molar-refractivity contribution is -0.118. The molecule has 0 bridgehead atoms. The Morgan fingerprint density at radius 3 is 2.94 bits per heavy atom. The zero-order valence-corrected chi connectivity index (χ0v) is 9.51. The van der Waals surface area contributed by atoms with Gasteiger partial charge in [0.2, 0.25) is 11.9 Å². The molecule has 0 fully saturated rings. The Kier molecular flexibility index (Phi) is 2.86. The highest BCUT2D eigenvalue weighted by atomic mass is 16.5. The zero-order chi connectivity index (χ0) is 12.4. The average molecular weight is 234 g/mol. The summed E-state index contributed by atoms with van der Waals surface area (Å²) in [4.78, 5) is 15.0. The molecule has 0 radical (unpaired) electrons. The Hall–Kier alpha value is -2.24. The molecule has 90 valence electrons. The first-order valence-electron chi connectivity index (χ1n) is 5.20. The van der Waals surface area contributed by atoms with Crippen molar-refractivity contribution in [1.29, 1.82) is 0 Å². The van der Waals surface area contributed by atoms with Crippen molar-refractivity contribution in [2.75, 3.05) is 12.8 Å². The van der Waals surface area contributed by atoms with E-state index >= 15 is 0 Å². The standard InChI is InChI=1S/C11H14N4O2/c1-17-7-2-3-8-9(6-7)15(11(13)14-8)5-4-10(12)16/h2-3,6H,4-5H2,1H3,(H2,12,16)(H2,13,14). The minimum absolute atomic E-state index is 0.229. The maximum atomic E-state index is 10.8. The van der Waals surface area contributed by atoms with Crippen molar-refractivity contribution in [2.45, 2.75) is 13.0 Å². The van der Waals surface area contributed by atoms with Crippen molar-refractivity contribution >= 4 is 22.9 Å². The first kappa shape index (κ1) is 11.3. The van der Waals surface area contributed by atoms with E-state index in [4.69, 9.17) is 16.2 Å². The number of amides is 1. The van der Waals surface area contributed by atoms with Crippen LogP contribution in [0.1, 0.15) is 6.42 Å². The predicted octanol–water partition coefficient (Wildman–Crippen LogP) is 0.502. The number of primary amides is 1. The summed E-state index contributed by atoms with van der Waals surface area (Å²) in [5.41, 5.74) is 12.5. The normalized spacial score (nSPS) is 10.6. The summed E-state index contributed by atoms with van der Waals surface area (Å²) in [5, 5.41) is 0. The number of methoxy groups -OCH3 is 1. The van der Waals surface area contributed by atoms with E-state index in [0.29, 0.717) is 12.5 Å². The number of nitrogen functional groups attached to an aromatic ring is 1. The molecule has 0 aliphatic carbocycles. The number of fused-ring (bicyclic) bond motifs is 1. The lowest BCUT2D eigenvalue weighted by atomic mass is 10.3. The molecule has 1 aromatic heterocycles. The molecule has 2 aromatic rings. The minimum atomic E-state index is -0.367. The molecule has 17 heavy (non-hydrogen) atoms. The van der Waals surface area contributed by atoms with E-state index in [1.807, 2.05) is 18.2 Å². The minimum Gasteiger partial charge on any atom is -0.497 e. The number of imidazole rings is 1. The third-order valence-corrected chi connectivity index (χ3v) is 2.57. The summed E-state index contributed by atoms with van der Waals surface area (Å²) >= 11 is 0. The monoisotopic (exact) mass is 234 g/mol. The number of aryl methyl sites for hydroxylation is 1. The topological polar surface area (TPSA) is 96.2 Å². The van der Waals surface area contributed by atoms with E-state index in [-0.39, 0.29) is 12.3 Å². The summed E-state index contributed by atoms with van der Waals surface area (Å²) in [7, 11) is 1.59. The molecular formula is C11H14N4O2. The van der Waals surface area contributed by atoms with Gasteiger partial charge in [-0.3, -0.25) is 4.79 Å². The van der Waals surface area contributed by atoms with Crippen molar-refractivity contribution < 1.29 is 9.53 Å². The number of hydrogen-bond acceptors (Lipinski definition) is 4. The fraction of sp³-hybridized carbons (Fsp3) is 0.273. The molecule has 0 aliphatic heterocycles. The van der Waals surface area contributed by atoms with E-state index in [9.17, 15) is 4.79 Å². The molecule has 6 heteroatoms. The molecule has 4 N–H and O–H groups in total. The highest BCUT2D eigenvalue weighted by Crippen LogP contribution is 2.23. The molecule has 1 heterocycles. The SMILES string of the molecule is COc1ccc2nc(N)n(CCC(N)=O)c2c1. The molecule has 2 rings (SSSR count). The van der Waals surface area contributed by atoms with E-state index in [1.54, 1.807) is 11.7 Å². The number of ether oxygens (including phenoxy) is 1. The fourth-order valence-corrected chi connectivity index (χ4v) is 1.71. The summed E-state index contributed by atoms with van der Waals surface area (Å²) in [6, 6.07) is 5.47. The molecule has 0 saturated heterocycles. The number of aromatic nitrogens is 2. The van der Waals surface area contributed by atoms with Crippen molar-refractivity contribution in [3.63, 3.8) is 0 Å². The second kappa shape index (κ2) is 4.32. The quantitative estimate of drug-likeness (QED) is 0.805. The first-order chi connectivity index (χ1) is 8.11. The Morgan fingerprint density at radius 2 is 2.29 bits per heavy atom. The third-order valence-electron chi connectivity index (χ3n) is 2.57. The van der Waals surface area contributed by atoms with E-state index in [2.05, 4.69) is 4.98 Å². The van der Waals surface area contributed by atoms with Gasteiger partial charge in [0.1, 0.15) is 5.75 Å². The maximum Gasteiger partial charge on any atom is 0.219 e. The smallest absolute Gasteiger partial charge is 0.219 e. The molecular weight excluding hydrogens is 220 g/mol. The number of carbonyl (C=O) groups excluding carboxylic acids is 1. The van der Waals surface area contributed by atoms with Gasteiger partial charge < -0.3 is 20.8 Å². The van der Waals surface area contributed by atoms with Gasteiger partial charge in [-0.15, -0.1) is 0 Å². The second-order valence-electron chi connectivity index (χ2n) is 3.69. The molecule has 0 spiro atoms. The zero-order valence-electron chi connectivity index (χ0n) is 9.51. The number of rotatable bonds is 4.